The molecule has 0 spiro atoms. The minimum absolute atomic E-state index is 0.0278. The highest BCUT2D eigenvalue weighted by Crippen LogP contribution is 2.30. The molecule has 0 unspecified atom stereocenters. The molecule has 0 amide bonds. The van der Waals surface area contributed by atoms with Gasteiger partial charge in [-0.25, -0.2) is 9.18 Å². The maximum atomic E-state index is 13.9. The van der Waals surface area contributed by atoms with Gasteiger partial charge in [-0.2, -0.15) is 0 Å². The Balaban J connectivity index is 2.46. The Bertz CT molecular complexity index is 646. The third kappa shape index (κ3) is 2.75. The lowest BCUT2D eigenvalue weighted by Crippen LogP contribution is -2.17. The number of para-hydroxylation sites is 1. The molecule has 0 radical (unpaired) electrons. The Hall–Kier alpha value is -2.07. The molecule has 1 N–H and O–H groups in total. The highest BCUT2D eigenvalue weighted by Gasteiger charge is 2.15. The average Bonchev–Trinajstić information content (AvgIpc) is 2.41. The van der Waals surface area contributed by atoms with E-state index in [1.54, 1.807) is 29.2 Å². The normalized spacial score (nSPS) is 10.3. The second-order valence-corrected chi connectivity index (χ2v) is 4.57. The first-order chi connectivity index (χ1) is 9.54. The van der Waals surface area contributed by atoms with Crippen molar-refractivity contribution in [3.8, 4) is 0 Å². The van der Waals surface area contributed by atoms with Gasteiger partial charge in [0.25, 0.3) is 0 Å². The minimum atomic E-state index is -1.09. The molecule has 0 aromatic heterocycles. The Morgan fingerprint density at radius 3 is 2.55 bits per heavy atom. The maximum Gasteiger partial charge on any atom is 0.337 e. The topological polar surface area (TPSA) is 40.5 Å². The average molecular weight is 294 g/mol. The van der Waals surface area contributed by atoms with Gasteiger partial charge in [-0.1, -0.05) is 23.7 Å². The zero-order valence-corrected chi connectivity index (χ0v) is 11.6. The Morgan fingerprint density at radius 1 is 1.30 bits per heavy atom. The first-order valence-corrected chi connectivity index (χ1v) is 6.47. The number of halogens is 2. The van der Waals surface area contributed by atoms with Gasteiger partial charge < -0.3 is 10.0 Å². The predicted octanol–water partition coefficient (Wildman–Crippen LogP) is 4.34. The van der Waals surface area contributed by atoms with Crippen molar-refractivity contribution in [3.63, 3.8) is 0 Å². The molecule has 0 saturated carbocycles. The molecule has 2 rings (SSSR count). The lowest BCUT2D eigenvalue weighted by molar-refractivity contribution is 0.0697. The van der Waals surface area contributed by atoms with Crippen LogP contribution < -0.4 is 4.90 Å². The van der Waals surface area contributed by atoms with E-state index < -0.39 is 5.97 Å². The summed E-state index contributed by atoms with van der Waals surface area (Å²) in [6, 6.07) is 11.0. The molecule has 0 fully saturated rings. The van der Waals surface area contributed by atoms with Crippen LogP contribution in [0, 0.1) is 5.82 Å². The number of carboxylic acids is 1. The molecule has 2 aromatic rings. The van der Waals surface area contributed by atoms with E-state index in [0.29, 0.717) is 17.9 Å². The van der Waals surface area contributed by atoms with Gasteiger partial charge >= 0.3 is 5.97 Å². The molecule has 0 heterocycles. The van der Waals surface area contributed by atoms with Gasteiger partial charge in [0.15, 0.2) is 0 Å². The van der Waals surface area contributed by atoms with Gasteiger partial charge in [-0.3, -0.25) is 0 Å². The lowest BCUT2D eigenvalue weighted by atomic mass is 10.1. The number of anilines is 2. The van der Waals surface area contributed by atoms with Crippen LogP contribution in [-0.2, 0) is 0 Å². The van der Waals surface area contributed by atoms with Crippen LogP contribution in [0.4, 0.5) is 15.8 Å². The summed E-state index contributed by atoms with van der Waals surface area (Å²) in [7, 11) is 0. The van der Waals surface area contributed by atoms with E-state index in [-0.39, 0.29) is 16.4 Å². The van der Waals surface area contributed by atoms with E-state index >= 15 is 0 Å². The van der Waals surface area contributed by atoms with E-state index in [1.165, 1.54) is 18.2 Å². The predicted molar refractivity (Wildman–Crippen MR) is 77.5 cm³/mol. The SMILES string of the molecule is CCN(c1ccc(C(=O)O)c(Cl)c1)c1ccccc1F. The number of hydrogen-bond donors (Lipinski definition) is 1. The number of rotatable bonds is 4. The van der Waals surface area contributed by atoms with Crippen LogP contribution in [0.1, 0.15) is 17.3 Å². The van der Waals surface area contributed by atoms with Crippen molar-refractivity contribution in [1.29, 1.82) is 0 Å². The fraction of sp³-hybridized carbons (Fsp3) is 0.133. The van der Waals surface area contributed by atoms with Crippen molar-refractivity contribution < 1.29 is 14.3 Å². The van der Waals surface area contributed by atoms with Crippen molar-refractivity contribution in [2.75, 3.05) is 11.4 Å². The summed E-state index contributed by atoms with van der Waals surface area (Å²) in [5.74, 6) is -1.43. The number of benzene rings is 2. The molecule has 0 saturated heterocycles. The highest BCUT2D eigenvalue weighted by molar-refractivity contribution is 6.33. The first-order valence-electron chi connectivity index (χ1n) is 6.09. The van der Waals surface area contributed by atoms with Crippen molar-refractivity contribution in [2.24, 2.45) is 0 Å². The van der Waals surface area contributed by atoms with Crippen LogP contribution in [0.3, 0.4) is 0 Å². The summed E-state index contributed by atoms with van der Waals surface area (Å²) >= 11 is 5.95. The highest BCUT2D eigenvalue weighted by atomic mass is 35.5. The largest absolute Gasteiger partial charge is 0.478 e. The van der Waals surface area contributed by atoms with Crippen LogP contribution in [-0.4, -0.2) is 17.6 Å². The molecular weight excluding hydrogens is 281 g/mol. The fourth-order valence-electron chi connectivity index (χ4n) is 2.01. The van der Waals surface area contributed by atoms with Crippen LogP contribution in [0.2, 0.25) is 5.02 Å². The van der Waals surface area contributed by atoms with Gasteiger partial charge in [-0.05, 0) is 37.3 Å². The molecular formula is C15H13ClFNO2. The standard InChI is InChI=1S/C15H13ClFNO2/c1-2-18(14-6-4-3-5-13(14)17)10-7-8-11(15(19)20)12(16)9-10/h3-9H,2H2,1H3,(H,19,20). The maximum absolute atomic E-state index is 13.9. The quantitative estimate of drug-likeness (QED) is 0.912. The van der Waals surface area contributed by atoms with Crippen LogP contribution >= 0.6 is 11.6 Å². The van der Waals surface area contributed by atoms with E-state index in [4.69, 9.17) is 16.7 Å². The Kier molecular flexibility index (Phi) is 4.25. The molecule has 20 heavy (non-hydrogen) atoms. The number of aromatic carboxylic acids is 1. The summed E-state index contributed by atoms with van der Waals surface area (Å²) in [5.41, 5.74) is 1.10. The van der Waals surface area contributed by atoms with Crippen molar-refractivity contribution in [1.82, 2.24) is 0 Å². The zero-order chi connectivity index (χ0) is 14.7. The van der Waals surface area contributed by atoms with Crippen molar-refractivity contribution in [2.45, 2.75) is 6.92 Å². The molecule has 5 heteroatoms. The number of nitrogens with zero attached hydrogens (tertiary/aromatic N) is 1. The molecule has 2 aromatic carbocycles. The minimum Gasteiger partial charge on any atom is -0.478 e. The first kappa shape index (κ1) is 14.3. The van der Waals surface area contributed by atoms with Gasteiger partial charge in [-0.15, -0.1) is 0 Å². The van der Waals surface area contributed by atoms with Crippen LogP contribution in [0.15, 0.2) is 42.5 Å². The molecule has 0 aliphatic carbocycles. The van der Waals surface area contributed by atoms with Gasteiger partial charge in [0, 0.05) is 12.2 Å². The van der Waals surface area contributed by atoms with Gasteiger partial charge in [0.2, 0.25) is 0 Å². The van der Waals surface area contributed by atoms with Crippen LogP contribution in [0.5, 0.6) is 0 Å². The molecule has 3 nitrogen and oxygen atoms in total. The molecule has 0 aliphatic rings. The third-order valence-corrected chi connectivity index (χ3v) is 3.27. The van der Waals surface area contributed by atoms with Gasteiger partial charge in [0.1, 0.15) is 5.82 Å². The monoisotopic (exact) mass is 293 g/mol. The fourth-order valence-corrected chi connectivity index (χ4v) is 2.26. The van der Waals surface area contributed by atoms with E-state index in [9.17, 15) is 9.18 Å². The smallest absolute Gasteiger partial charge is 0.337 e. The summed E-state index contributed by atoms with van der Waals surface area (Å²) in [6.07, 6.45) is 0. The van der Waals surface area contributed by atoms with E-state index in [0.717, 1.165) is 0 Å². The Labute approximate surface area is 121 Å². The van der Waals surface area contributed by atoms with Crippen molar-refractivity contribution in [3.05, 3.63) is 58.9 Å². The van der Waals surface area contributed by atoms with Crippen LogP contribution in [0.25, 0.3) is 0 Å². The number of carboxylic acid groups (broad SMARTS) is 1. The summed E-state index contributed by atoms with van der Waals surface area (Å²) in [5, 5.41) is 9.08. The molecule has 104 valence electrons. The zero-order valence-electron chi connectivity index (χ0n) is 10.8. The third-order valence-electron chi connectivity index (χ3n) is 2.95. The number of hydrogen-bond acceptors (Lipinski definition) is 2. The van der Waals surface area contributed by atoms with E-state index in [2.05, 4.69) is 0 Å². The second kappa shape index (κ2) is 5.92. The van der Waals surface area contributed by atoms with Crippen molar-refractivity contribution >= 4 is 28.9 Å². The number of carbonyl (C=O) groups is 1. The molecule has 0 bridgehead atoms. The summed E-state index contributed by atoms with van der Waals surface area (Å²) < 4.78 is 13.9. The molecule has 0 atom stereocenters. The van der Waals surface area contributed by atoms with Gasteiger partial charge in [0.05, 0.1) is 16.3 Å². The van der Waals surface area contributed by atoms with E-state index in [1.807, 2.05) is 6.92 Å². The summed E-state index contributed by atoms with van der Waals surface area (Å²) in [4.78, 5) is 12.7. The molecule has 0 aliphatic heterocycles. The summed E-state index contributed by atoms with van der Waals surface area (Å²) in [6.45, 7) is 2.41. The second-order valence-electron chi connectivity index (χ2n) is 4.16. The Morgan fingerprint density at radius 2 is 2.00 bits per heavy atom. The lowest BCUT2D eigenvalue weighted by Gasteiger charge is -2.24.